The van der Waals surface area contributed by atoms with E-state index in [-0.39, 0.29) is 12.5 Å². The lowest BCUT2D eigenvalue weighted by Crippen LogP contribution is -2.63. The average Bonchev–Trinajstić information content (AvgIpc) is 2.81. The minimum absolute atomic E-state index is 0.0317. The summed E-state index contributed by atoms with van der Waals surface area (Å²) >= 11 is 0. The van der Waals surface area contributed by atoms with Crippen molar-refractivity contribution in [2.75, 3.05) is 0 Å². The second-order valence-electron chi connectivity index (χ2n) is 10.2. The van der Waals surface area contributed by atoms with Gasteiger partial charge in [0.25, 0.3) is 0 Å². The normalized spacial score (nSPS) is 38.2. The fraction of sp³-hybridized carbons (Fsp3) is 0.960. The second-order valence-corrected chi connectivity index (χ2v) is 10.2. The number of rotatable bonds is 13. The lowest BCUT2D eigenvalue weighted by Gasteiger charge is -2.46. The molecule has 0 radical (unpaired) electrons. The minimum atomic E-state index is -1.61. The van der Waals surface area contributed by atoms with E-state index >= 15 is 0 Å². The molecule has 0 spiro atoms. The quantitative estimate of drug-likeness (QED) is 0.171. The standard InChI is InChI=1S/C25H46O11/c1-6-7-8-9-10-11-16(12-17(26)32-13(2)3)35-25-23(21(30)19(28)15(5)34-25)36-24-22(31)20(29)18(27)14(4)33-24/h13-16,18-25,27-31H,6-12H2,1-5H3/t14-,15+,16?,18?,19+,20-,21-,22-,23-,24+,25+/m1/s1. The van der Waals surface area contributed by atoms with Gasteiger partial charge in [-0.15, -0.1) is 0 Å². The van der Waals surface area contributed by atoms with Crippen LogP contribution in [0.15, 0.2) is 0 Å². The highest BCUT2D eigenvalue weighted by Crippen LogP contribution is 2.31. The summed E-state index contributed by atoms with van der Waals surface area (Å²) in [5, 5.41) is 51.6. The lowest BCUT2D eigenvalue weighted by atomic mass is 9.97. The molecular formula is C25H46O11. The molecule has 36 heavy (non-hydrogen) atoms. The lowest BCUT2D eigenvalue weighted by molar-refractivity contribution is -0.366. The average molecular weight is 523 g/mol. The van der Waals surface area contributed by atoms with E-state index in [1.165, 1.54) is 6.92 Å². The summed E-state index contributed by atoms with van der Waals surface area (Å²) in [6.07, 6.45) is -8.18. The molecule has 0 aromatic heterocycles. The van der Waals surface area contributed by atoms with Crippen LogP contribution >= 0.6 is 0 Å². The van der Waals surface area contributed by atoms with Gasteiger partial charge in [0.05, 0.1) is 30.8 Å². The highest BCUT2D eigenvalue weighted by atomic mass is 16.8. The molecule has 2 aliphatic heterocycles. The van der Waals surface area contributed by atoms with E-state index in [2.05, 4.69) is 6.92 Å². The Kier molecular flexibility index (Phi) is 13.0. The van der Waals surface area contributed by atoms with Crippen LogP contribution in [-0.4, -0.2) is 105 Å². The Labute approximate surface area is 213 Å². The van der Waals surface area contributed by atoms with Crippen molar-refractivity contribution in [3.05, 3.63) is 0 Å². The number of aliphatic hydroxyl groups excluding tert-OH is 5. The molecule has 5 N–H and O–H groups in total. The highest BCUT2D eigenvalue weighted by molar-refractivity contribution is 5.70. The van der Waals surface area contributed by atoms with Gasteiger partial charge in [-0.25, -0.2) is 0 Å². The number of ether oxygens (including phenoxy) is 5. The van der Waals surface area contributed by atoms with Crippen LogP contribution in [0.1, 0.15) is 79.6 Å². The van der Waals surface area contributed by atoms with E-state index in [1.54, 1.807) is 20.8 Å². The summed E-state index contributed by atoms with van der Waals surface area (Å²) < 4.78 is 28.5. The van der Waals surface area contributed by atoms with Gasteiger partial charge in [-0.05, 0) is 34.1 Å². The predicted molar refractivity (Wildman–Crippen MR) is 128 cm³/mol. The molecule has 11 atom stereocenters. The Bertz CT molecular complexity index is 647. The number of hydrogen-bond donors (Lipinski definition) is 5. The topological polar surface area (TPSA) is 164 Å². The van der Waals surface area contributed by atoms with E-state index in [4.69, 9.17) is 23.7 Å². The molecule has 2 rings (SSSR count). The first kappa shape index (κ1) is 31.3. The van der Waals surface area contributed by atoms with Gasteiger partial charge < -0.3 is 49.2 Å². The van der Waals surface area contributed by atoms with Crippen LogP contribution in [0.4, 0.5) is 0 Å². The molecule has 2 saturated heterocycles. The van der Waals surface area contributed by atoms with Crippen molar-refractivity contribution >= 4 is 5.97 Å². The van der Waals surface area contributed by atoms with Gasteiger partial charge in [0.1, 0.15) is 36.6 Å². The van der Waals surface area contributed by atoms with Crippen LogP contribution in [0.3, 0.4) is 0 Å². The zero-order valence-electron chi connectivity index (χ0n) is 22.1. The summed E-state index contributed by atoms with van der Waals surface area (Å²) in [5.41, 5.74) is 0. The third-order valence-corrected chi connectivity index (χ3v) is 6.60. The molecule has 2 heterocycles. The maximum atomic E-state index is 12.4. The Balaban J connectivity index is 2.16. The van der Waals surface area contributed by atoms with Crippen LogP contribution in [-0.2, 0) is 28.5 Å². The third kappa shape index (κ3) is 8.85. The summed E-state index contributed by atoms with van der Waals surface area (Å²) in [5.74, 6) is -0.428. The molecule has 0 aromatic carbocycles. The largest absolute Gasteiger partial charge is 0.463 e. The van der Waals surface area contributed by atoms with Crippen molar-refractivity contribution in [1.29, 1.82) is 0 Å². The van der Waals surface area contributed by atoms with Crippen LogP contribution in [0.5, 0.6) is 0 Å². The summed E-state index contributed by atoms with van der Waals surface area (Å²) in [7, 11) is 0. The van der Waals surface area contributed by atoms with E-state index in [0.29, 0.717) is 6.42 Å². The first-order valence-electron chi connectivity index (χ1n) is 13.2. The zero-order valence-corrected chi connectivity index (χ0v) is 22.1. The number of carbonyl (C=O) groups excluding carboxylic acids is 1. The van der Waals surface area contributed by atoms with Gasteiger partial charge in [0.15, 0.2) is 12.6 Å². The fourth-order valence-electron chi connectivity index (χ4n) is 4.42. The van der Waals surface area contributed by atoms with E-state index in [9.17, 15) is 30.3 Å². The van der Waals surface area contributed by atoms with Crippen molar-refractivity contribution in [1.82, 2.24) is 0 Å². The van der Waals surface area contributed by atoms with Gasteiger partial charge >= 0.3 is 5.97 Å². The van der Waals surface area contributed by atoms with Crippen molar-refractivity contribution in [3.63, 3.8) is 0 Å². The molecule has 2 unspecified atom stereocenters. The summed E-state index contributed by atoms with van der Waals surface area (Å²) in [4.78, 5) is 12.4. The number of carbonyl (C=O) groups is 1. The second kappa shape index (κ2) is 14.9. The Morgan fingerprint density at radius 1 is 0.806 bits per heavy atom. The third-order valence-electron chi connectivity index (χ3n) is 6.60. The molecular weight excluding hydrogens is 476 g/mol. The molecule has 0 amide bonds. The van der Waals surface area contributed by atoms with Crippen molar-refractivity contribution in [2.45, 2.75) is 153 Å². The molecule has 212 valence electrons. The predicted octanol–water partition coefficient (Wildman–Crippen LogP) is 0.753. The molecule has 2 fully saturated rings. The smallest absolute Gasteiger partial charge is 0.308 e. The zero-order chi connectivity index (χ0) is 27.0. The summed E-state index contributed by atoms with van der Waals surface area (Å²) in [6.45, 7) is 8.72. The monoisotopic (exact) mass is 522 g/mol. The van der Waals surface area contributed by atoms with Crippen LogP contribution in [0.25, 0.3) is 0 Å². The Morgan fingerprint density at radius 2 is 1.39 bits per heavy atom. The van der Waals surface area contributed by atoms with E-state index in [0.717, 1.165) is 32.1 Å². The number of aliphatic hydroxyl groups is 5. The van der Waals surface area contributed by atoms with Crippen LogP contribution in [0, 0.1) is 0 Å². The van der Waals surface area contributed by atoms with Crippen LogP contribution in [0.2, 0.25) is 0 Å². The Morgan fingerprint density at radius 3 is 2.00 bits per heavy atom. The maximum Gasteiger partial charge on any atom is 0.308 e. The SMILES string of the molecule is CCCCCCCC(CC(=O)OC(C)C)O[C@@H]1O[C@@H](C)[C@H](O)[C@@H](O)[C@H]1O[C@@H]1O[C@H](C)C(O)[C@@H](O)[C@H]1O. The van der Waals surface area contributed by atoms with Gasteiger partial charge in [-0.3, -0.25) is 4.79 Å². The van der Waals surface area contributed by atoms with Gasteiger partial charge in [-0.2, -0.15) is 0 Å². The molecule has 2 aliphatic rings. The van der Waals surface area contributed by atoms with Gasteiger partial charge in [0.2, 0.25) is 0 Å². The van der Waals surface area contributed by atoms with Gasteiger partial charge in [-0.1, -0.05) is 39.0 Å². The molecule has 0 saturated carbocycles. The van der Waals surface area contributed by atoms with Crippen molar-refractivity contribution < 1.29 is 54.0 Å². The molecule has 11 heteroatoms. The van der Waals surface area contributed by atoms with E-state index in [1.807, 2.05) is 0 Å². The van der Waals surface area contributed by atoms with Crippen molar-refractivity contribution in [2.24, 2.45) is 0 Å². The number of hydrogen-bond acceptors (Lipinski definition) is 11. The molecule has 11 nitrogen and oxygen atoms in total. The molecule has 0 aromatic rings. The Hall–Kier alpha value is -0.890. The highest BCUT2D eigenvalue weighted by Gasteiger charge is 2.50. The van der Waals surface area contributed by atoms with Crippen LogP contribution < -0.4 is 0 Å². The fourth-order valence-corrected chi connectivity index (χ4v) is 4.42. The van der Waals surface area contributed by atoms with Gasteiger partial charge in [0, 0.05) is 0 Å². The number of unbranched alkanes of at least 4 members (excludes halogenated alkanes) is 4. The maximum absolute atomic E-state index is 12.4. The number of esters is 1. The summed E-state index contributed by atoms with van der Waals surface area (Å²) in [6, 6.07) is 0. The molecule has 0 bridgehead atoms. The first-order valence-corrected chi connectivity index (χ1v) is 13.2. The molecule has 0 aliphatic carbocycles. The van der Waals surface area contributed by atoms with Crippen molar-refractivity contribution in [3.8, 4) is 0 Å². The first-order chi connectivity index (χ1) is 17.0. The van der Waals surface area contributed by atoms with E-state index < -0.39 is 73.5 Å². The minimum Gasteiger partial charge on any atom is -0.463 e.